The first-order chi connectivity index (χ1) is 7.68. The van der Waals surface area contributed by atoms with Gasteiger partial charge in [0.2, 0.25) is 0 Å². The van der Waals surface area contributed by atoms with Crippen LogP contribution in [0.25, 0.3) is 11.1 Å². The van der Waals surface area contributed by atoms with E-state index in [1.54, 1.807) is 19.1 Å². The van der Waals surface area contributed by atoms with E-state index in [9.17, 15) is 4.79 Å². The van der Waals surface area contributed by atoms with E-state index in [1.165, 1.54) is 0 Å². The van der Waals surface area contributed by atoms with Crippen molar-refractivity contribution in [3.05, 3.63) is 54.1 Å². The lowest BCUT2D eigenvalue weighted by Crippen LogP contribution is -1.96. The van der Waals surface area contributed by atoms with Gasteiger partial charge in [0.15, 0.2) is 5.78 Å². The van der Waals surface area contributed by atoms with Gasteiger partial charge >= 0.3 is 0 Å². The SMILES string of the molecule is CC(=O)c1ccc(N)c(-c2ccccc2)c1. The van der Waals surface area contributed by atoms with Crippen molar-refractivity contribution < 1.29 is 4.79 Å². The van der Waals surface area contributed by atoms with E-state index in [4.69, 9.17) is 5.73 Å². The lowest BCUT2D eigenvalue weighted by atomic mass is 10.00. The molecular formula is C14H13NO. The second kappa shape index (κ2) is 4.19. The number of hydrogen-bond acceptors (Lipinski definition) is 2. The van der Waals surface area contributed by atoms with Crippen LogP contribution in [0.15, 0.2) is 48.5 Å². The molecule has 0 fully saturated rings. The average Bonchev–Trinajstić information content (AvgIpc) is 2.30. The van der Waals surface area contributed by atoms with Crippen LogP contribution in [-0.2, 0) is 0 Å². The molecule has 16 heavy (non-hydrogen) atoms. The number of ketones is 1. The van der Waals surface area contributed by atoms with Crippen LogP contribution in [0.2, 0.25) is 0 Å². The number of nitrogen functional groups attached to an aromatic ring is 1. The first-order valence-corrected chi connectivity index (χ1v) is 5.14. The molecule has 0 aliphatic rings. The molecule has 0 aromatic heterocycles. The molecule has 2 aromatic rings. The van der Waals surface area contributed by atoms with Gasteiger partial charge in [0.1, 0.15) is 0 Å². The highest BCUT2D eigenvalue weighted by atomic mass is 16.1. The Morgan fingerprint density at radius 3 is 2.38 bits per heavy atom. The normalized spacial score (nSPS) is 10.1. The summed E-state index contributed by atoms with van der Waals surface area (Å²) in [5, 5.41) is 0. The minimum atomic E-state index is 0.0529. The van der Waals surface area contributed by atoms with Crippen LogP contribution in [0.4, 0.5) is 5.69 Å². The summed E-state index contributed by atoms with van der Waals surface area (Å²) in [5.41, 5.74) is 9.23. The zero-order valence-corrected chi connectivity index (χ0v) is 9.10. The number of nitrogens with two attached hydrogens (primary N) is 1. The van der Waals surface area contributed by atoms with Crippen molar-refractivity contribution >= 4 is 11.5 Å². The van der Waals surface area contributed by atoms with Crippen molar-refractivity contribution in [3.63, 3.8) is 0 Å². The van der Waals surface area contributed by atoms with Crippen LogP contribution in [-0.4, -0.2) is 5.78 Å². The number of hydrogen-bond donors (Lipinski definition) is 1. The predicted molar refractivity (Wildman–Crippen MR) is 66.3 cm³/mol. The molecule has 2 N–H and O–H groups in total. The van der Waals surface area contributed by atoms with Gasteiger partial charge in [-0.05, 0) is 30.7 Å². The highest BCUT2D eigenvalue weighted by Gasteiger charge is 2.05. The Labute approximate surface area is 94.7 Å². The fraction of sp³-hybridized carbons (Fsp3) is 0.0714. The molecule has 0 aliphatic carbocycles. The van der Waals surface area contributed by atoms with Gasteiger partial charge in [-0.3, -0.25) is 4.79 Å². The van der Waals surface area contributed by atoms with E-state index < -0.39 is 0 Å². The van der Waals surface area contributed by atoms with Gasteiger partial charge in [-0.2, -0.15) is 0 Å². The van der Waals surface area contributed by atoms with Gasteiger partial charge in [-0.1, -0.05) is 30.3 Å². The van der Waals surface area contributed by atoms with E-state index >= 15 is 0 Å². The summed E-state index contributed by atoms with van der Waals surface area (Å²) in [7, 11) is 0. The molecule has 0 saturated heterocycles. The molecule has 2 heteroatoms. The molecule has 2 rings (SSSR count). The van der Waals surface area contributed by atoms with Gasteiger partial charge in [0.05, 0.1) is 0 Å². The monoisotopic (exact) mass is 211 g/mol. The molecular weight excluding hydrogens is 198 g/mol. The Morgan fingerprint density at radius 1 is 1.06 bits per heavy atom. The van der Waals surface area contributed by atoms with Crippen LogP contribution in [0.5, 0.6) is 0 Å². The Kier molecular flexibility index (Phi) is 2.73. The van der Waals surface area contributed by atoms with Crippen molar-refractivity contribution in [2.75, 3.05) is 5.73 Å². The Hall–Kier alpha value is -2.09. The smallest absolute Gasteiger partial charge is 0.159 e. The predicted octanol–water partition coefficient (Wildman–Crippen LogP) is 3.14. The third kappa shape index (κ3) is 1.96. The first kappa shape index (κ1) is 10.4. The van der Waals surface area contributed by atoms with Gasteiger partial charge in [0, 0.05) is 16.8 Å². The van der Waals surface area contributed by atoms with Crippen LogP contribution in [0.3, 0.4) is 0 Å². The van der Waals surface area contributed by atoms with Crippen LogP contribution in [0.1, 0.15) is 17.3 Å². The van der Waals surface area contributed by atoms with Gasteiger partial charge < -0.3 is 5.73 Å². The number of carbonyl (C=O) groups excluding carboxylic acids is 1. The second-order valence-electron chi connectivity index (χ2n) is 3.72. The molecule has 0 spiro atoms. The molecule has 0 aliphatic heterocycles. The van der Waals surface area contributed by atoms with Gasteiger partial charge in [-0.15, -0.1) is 0 Å². The van der Waals surface area contributed by atoms with Crippen molar-refractivity contribution in [2.24, 2.45) is 0 Å². The number of rotatable bonds is 2. The lowest BCUT2D eigenvalue weighted by Gasteiger charge is -2.07. The highest BCUT2D eigenvalue weighted by Crippen LogP contribution is 2.26. The Morgan fingerprint density at radius 2 is 1.75 bits per heavy atom. The Bertz CT molecular complexity index is 518. The van der Waals surface area contributed by atoms with Crippen molar-refractivity contribution in [1.82, 2.24) is 0 Å². The largest absolute Gasteiger partial charge is 0.398 e. The maximum Gasteiger partial charge on any atom is 0.159 e. The number of Topliss-reactive ketones (excluding diaryl/α,β-unsaturated/α-hetero) is 1. The highest BCUT2D eigenvalue weighted by molar-refractivity contribution is 5.96. The number of benzene rings is 2. The lowest BCUT2D eigenvalue weighted by molar-refractivity contribution is 0.101. The summed E-state index contributed by atoms with van der Waals surface area (Å²) < 4.78 is 0. The molecule has 0 unspecified atom stereocenters. The zero-order chi connectivity index (χ0) is 11.5. The summed E-state index contributed by atoms with van der Waals surface area (Å²) in [4.78, 5) is 11.3. The molecule has 0 radical (unpaired) electrons. The van der Waals surface area contributed by atoms with Crippen molar-refractivity contribution in [2.45, 2.75) is 6.92 Å². The topological polar surface area (TPSA) is 43.1 Å². The second-order valence-corrected chi connectivity index (χ2v) is 3.72. The zero-order valence-electron chi connectivity index (χ0n) is 9.10. The maximum atomic E-state index is 11.3. The van der Waals surface area contributed by atoms with E-state index in [2.05, 4.69) is 0 Å². The summed E-state index contributed by atoms with van der Waals surface area (Å²) in [6.45, 7) is 1.56. The van der Waals surface area contributed by atoms with Crippen molar-refractivity contribution in [3.8, 4) is 11.1 Å². The summed E-state index contributed by atoms with van der Waals surface area (Å²) in [6, 6.07) is 15.2. The van der Waals surface area contributed by atoms with Crippen molar-refractivity contribution in [1.29, 1.82) is 0 Å². The summed E-state index contributed by atoms with van der Waals surface area (Å²) >= 11 is 0. The fourth-order valence-electron chi connectivity index (χ4n) is 1.64. The van der Waals surface area contributed by atoms with Crippen LogP contribution >= 0.6 is 0 Å². The summed E-state index contributed by atoms with van der Waals surface area (Å²) in [5.74, 6) is 0.0529. The molecule has 0 atom stereocenters. The van der Waals surface area contributed by atoms with Crippen LogP contribution < -0.4 is 5.73 Å². The quantitative estimate of drug-likeness (QED) is 0.612. The van der Waals surface area contributed by atoms with E-state index in [1.807, 2.05) is 36.4 Å². The fourth-order valence-corrected chi connectivity index (χ4v) is 1.64. The van der Waals surface area contributed by atoms with Crippen LogP contribution in [0, 0.1) is 0 Å². The average molecular weight is 211 g/mol. The molecule has 0 bridgehead atoms. The maximum absolute atomic E-state index is 11.3. The minimum absolute atomic E-state index is 0.0529. The molecule has 0 saturated carbocycles. The third-order valence-electron chi connectivity index (χ3n) is 2.54. The molecule has 0 heterocycles. The third-order valence-corrected chi connectivity index (χ3v) is 2.54. The number of carbonyl (C=O) groups is 1. The molecule has 0 amide bonds. The standard InChI is InChI=1S/C14H13NO/c1-10(16)12-7-8-14(15)13(9-12)11-5-3-2-4-6-11/h2-9H,15H2,1H3. The number of anilines is 1. The van der Waals surface area contributed by atoms with E-state index in [0.717, 1.165) is 11.1 Å². The molecule has 80 valence electrons. The van der Waals surface area contributed by atoms with Gasteiger partial charge in [0.25, 0.3) is 0 Å². The van der Waals surface area contributed by atoms with Gasteiger partial charge in [-0.25, -0.2) is 0 Å². The van der Waals surface area contributed by atoms with E-state index in [0.29, 0.717) is 11.3 Å². The summed E-state index contributed by atoms with van der Waals surface area (Å²) in [6.07, 6.45) is 0. The molecule has 2 nitrogen and oxygen atoms in total. The minimum Gasteiger partial charge on any atom is -0.398 e. The Balaban J connectivity index is 2.56. The van der Waals surface area contributed by atoms with E-state index in [-0.39, 0.29) is 5.78 Å². The first-order valence-electron chi connectivity index (χ1n) is 5.14. The molecule has 2 aromatic carbocycles.